The topological polar surface area (TPSA) is 137 Å². The van der Waals surface area contributed by atoms with Crippen molar-refractivity contribution in [2.45, 2.75) is 17.6 Å². The van der Waals surface area contributed by atoms with Gasteiger partial charge in [0, 0.05) is 23.4 Å². The number of carbonyl (C=O) groups excluding carboxylic acids is 1. The molecule has 0 aliphatic heterocycles. The quantitative estimate of drug-likeness (QED) is 0.300. The fourth-order valence-electron chi connectivity index (χ4n) is 3.39. The van der Waals surface area contributed by atoms with Crippen LogP contribution in [0.3, 0.4) is 0 Å². The van der Waals surface area contributed by atoms with Crippen LogP contribution in [0.4, 0.5) is 0 Å². The molecule has 0 aliphatic rings. The van der Waals surface area contributed by atoms with Gasteiger partial charge in [0.1, 0.15) is 10.6 Å². The van der Waals surface area contributed by atoms with Crippen LogP contribution in [-0.4, -0.2) is 48.3 Å². The molecule has 0 radical (unpaired) electrons. The van der Waals surface area contributed by atoms with Crippen LogP contribution in [0.1, 0.15) is 11.3 Å². The number of nitrogens with one attached hydrogen (secondary N) is 2. The molecule has 0 saturated heterocycles. The Kier molecular flexibility index (Phi) is 6.76. The Labute approximate surface area is 201 Å². The molecule has 1 unspecified atom stereocenters. The number of carbonyl (C=O) groups is 2. The van der Waals surface area contributed by atoms with Crippen molar-refractivity contribution < 1.29 is 14.7 Å². The number of carboxylic acids is 1. The van der Waals surface area contributed by atoms with E-state index < -0.39 is 17.9 Å². The van der Waals surface area contributed by atoms with E-state index in [9.17, 15) is 20.0 Å². The zero-order valence-corrected chi connectivity index (χ0v) is 19.4. The van der Waals surface area contributed by atoms with Gasteiger partial charge in [-0.1, -0.05) is 36.0 Å². The standard InChI is InChI=1S/C22H17BrN6O3S/c23-19-10-26-22(29(19)18-6-5-13(8-24)15-3-1-2-4-16(15)18)33-11-20(30)28-17(21(31)32)7-14-9-25-12-27-14/h1-6,9-10,12,17H,7,11H2,(H,25,27)(H,28,30)(H,31,32). The average molecular weight is 525 g/mol. The number of nitriles is 1. The van der Waals surface area contributed by atoms with E-state index in [-0.39, 0.29) is 12.2 Å². The Balaban J connectivity index is 1.54. The third-order valence-electron chi connectivity index (χ3n) is 4.88. The number of imidazole rings is 2. The molecule has 1 amide bonds. The highest BCUT2D eigenvalue weighted by atomic mass is 79.9. The second-order valence-electron chi connectivity index (χ2n) is 7.00. The second-order valence-corrected chi connectivity index (χ2v) is 8.76. The fourth-order valence-corrected chi connectivity index (χ4v) is 4.76. The summed E-state index contributed by atoms with van der Waals surface area (Å²) in [6.07, 6.45) is 4.75. The van der Waals surface area contributed by atoms with Crippen molar-refractivity contribution in [3.63, 3.8) is 0 Å². The highest BCUT2D eigenvalue weighted by Gasteiger charge is 2.22. The van der Waals surface area contributed by atoms with E-state index in [4.69, 9.17) is 0 Å². The Hall–Kier alpha value is -3.62. The minimum Gasteiger partial charge on any atom is -0.480 e. The van der Waals surface area contributed by atoms with E-state index >= 15 is 0 Å². The van der Waals surface area contributed by atoms with Crippen molar-refractivity contribution in [3.8, 4) is 11.8 Å². The lowest BCUT2D eigenvalue weighted by Gasteiger charge is -2.14. The van der Waals surface area contributed by atoms with Crippen LogP contribution < -0.4 is 5.32 Å². The normalized spacial score (nSPS) is 11.8. The van der Waals surface area contributed by atoms with Crippen molar-refractivity contribution in [2.75, 3.05) is 5.75 Å². The number of carboxylic acid groups (broad SMARTS) is 1. The smallest absolute Gasteiger partial charge is 0.326 e. The van der Waals surface area contributed by atoms with Crippen molar-refractivity contribution in [2.24, 2.45) is 0 Å². The van der Waals surface area contributed by atoms with E-state index in [0.29, 0.717) is 21.0 Å². The number of aliphatic carboxylic acids is 1. The molecule has 0 fully saturated rings. The van der Waals surface area contributed by atoms with E-state index in [2.05, 4.69) is 42.3 Å². The van der Waals surface area contributed by atoms with Gasteiger partial charge in [-0.05, 0) is 28.1 Å². The summed E-state index contributed by atoms with van der Waals surface area (Å²) in [5.74, 6) is -1.59. The van der Waals surface area contributed by atoms with Gasteiger partial charge in [-0.25, -0.2) is 14.8 Å². The molecule has 33 heavy (non-hydrogen) atoms. The molecule has 9 nitrogen and oxygen atoms in total. The molecule has 0 saturated carbocycles. The van der Waals surface area contributed by atoms with Crippen molar-refractivity contribution in [3.05, 3.63) is 71.0 Å². The number of aromatic nitrogens is 4. The first kappa shape index (κ1) is 22.6. The number of nitrogens with zero attached hydrogens (tertiary/aromatic N) is 4. The second kappa shape index (κ2) is 9.89. The number of amides is 1. The molecule has 1 atom stereocenters. The number of fused-ring (bicyclic) bond motifs is 1. The molecule has 2 heterocycles. The molecule has 3 N–H and O–H groups in total. The number of rotatable bonds is 8. The summed E-state index contributed by atoms with van der Waals surface area (Å²) in [5, 5.41) is 23.6. The number of hydrogen-bond acceptors (Lipinski definition) is 6. The highest BCUT2D eigenvalue weighted by molar-refractivity contribution is 9.10. The summed E-state index contributed by atoms with van der Waals surface area (Å²) < 4.78 is 2.53. The van der Waals surface area contributed by atoms with Gasteiger partial charge < -0.3 is 15.4 Å². The van der Waals surface area contributed by atoms with Crippen LogP contribution in [0.2, 0.25) is 0 Å². The molecule has 4 rings (SSSR count). The number of benzene rings is 2. The van der Waals surface area contributed by atoms with Gasteiger partial charge in [0.05, 0.1) is 41.3 Å². The first-order chi connectivity index (χ1) is 16.0. The van der Waals surface area contributed by atoms with Crippen LogP contribution in [0.15, 0.2) is 64.9 Å². The molecule has 0 bridgehead atoms. The number of thioether (sulfide) groups is 1. The van der Waals surface area contributed by atoms with Crippen LogP contribution in [0.25, 0.3) is 16.5 Å². The number of hydrogen-bond donors (Lipinski definition) is 3. The van der Waals surface area contributed by atoms with Crippen molar-refractivity contribution >= 4 is 50.3 Å². The SMILES string of the molecule is N#Cc1ccc(-n2c(Br)cnc2SCC(=O)NC(Cc2c[nH]cn2)C(=O)O)c2ccccc12. The summed E-state index contributed by atoms with van der Waals surface area (Å²) in [6, 6.07) is 12.3. The van der Waals surface area contributed by atoms with Gasteiger partial charge in [0.15, 0.2) is 5.16 Å². The van der Waals surface area contributed by atoms with Gasteiger partial charge in [0.2, 0.25) is 5.91 Å². The molecule has 11 heteroatoms. The maximum atomic E-state index is 12.5. The third kappa shape index (κ3) is 4.92. The molecule has 2 aromatic heterocycles. The first-order valence-corrected chi connectivity index (χ1v) is 11.5. The Bertz CT molecular complexity index is 1360. The van der Waals surface area contributed by atoms with Crippen LogP contribution in [0.5, 0.6) is 0 Å². The van der Waals surface area contributed by atoms with Crippen molar-refractivity contribution in [1.29, 1.82) is 5.26 Å². The molecule has 166 valence electrons. The van der Waals surface area contributed by atoms with Gasteiger partial charge in [-0.3, -0.25) is 9.36 Å². The summed E-state index contributed by atoms with van der Waals surface area (Å²) in [7, 11) is 0. The summed E-state index contributed by atoms with van der Waals surface area (Å²) >= 11 is 4.69. The van der Waals surface area contributed by atoms with E-state index in [1.54, 1.807) is 18.5 Å². The lowest BCUT2D eigenvalue weighted by atomic mass is 10.0. The van der Waals surface area contributed by atoms with E-state index in [1.807, 2.05) is 34.9 Å². The zero-order valence-electron chi connectivity index (χ0n) is 17.0. The average Bonchev–Trinajstić information content (AvgIpc) is 3.46. The van der Waals surface area contributed by atoms with Gasteiger partial charge in [-0.2, -0.15) is 5.26 Å². The van der Waals surface area contributed by atoms with Crippen LogP contribution >= 0.6 is 27.7 Å². The Morgan fingerprint density at radius 2 is 2.03 bits per heavy atom. The summed E-state index contributed by atoms with van der Waals surface area (Å²) in [5.41, 5.74) is 1.91. The van der Waals surface area contributed by atoms with Crippen LogP contribution in [0, 0.1) is 11.3 Å². The Morgan fingerprint density at radius 3 is 2.73 bits per heavy atom. The molecule has 0 spiro atoms. The van der Waals surface area contributed by atoms with E-state index in [0.717, 1.165) is 16.5 Å². The minimum atomic E-state index is -1.13. The zero-order chi connectivity index (χ0) is 23.4. The predicted molar refractivity (Wildman–Crippen MR) is 126 cm³/mol. The minimum absolute atomic E-state index is 0.0258. The predicted octanol–water partition coefficient (Wildman–Crippen LogP) is 3.29. The fraction of sp³-hybridized carbons (Fsp3) is 0.136. The molecular weight excluding hydrogens is 508 g/mol. The van der Waals surface area contributed by atoms with Gasteiger partial charge in [-0.15, -0.1) is 0 Å². The maximum absolute atomic E-state index is 12.5. The maximum Gasteiger partial charge on any atom is 0.326 e. The molecule has 0 aliphatic carbocycles. The van der Waals surface area contributed by atoms with Gasteiger partial charge >= 0.3 is 5.97 Å². The highest BCUT2D eigenvalue weighted by Crippen LogP contribution is 2.32. The van der Waals surface area contributed by atoms with E-state index in [1.165, 1.54) is 18.1 Å². The number of aromatic amines is 1. The molecular formula is C22H17BrN6O3S. The first-order valence-electron chi connectivity index (χ1n) is 9.76. The number of H-pyrrole nitrogens is 1. The summed E-state index contributed by atoms with van der Waals surface area (Å²) in [6.45, 7) is 0. The van der Waals surface area contributed by atoms with Gasteiger partial charge in [0.25, 0.3) is 0 Å². The summed E-state index contributed by atoms with van der Waals surface area (Å²) in [4.78, 5) is 35.2. The Morgan fingerprint density at radius 1 is 1.24 bits per heavy atom. The van der Waals surface area contributed by atoms with Crippen molar-refractivity contribution in [1.82, 2.24) is 24.8 Å². The largest absolute Gasteiger partial charge is 0.480 e. The monoisotopic (exact) mass is 524 g/mol. The lowest BCUT2D eigenvalue weighted by molar-refractivity contribution is -0.141. The third-order valence-corrected chi connectivity index (χ3v) is 6.39. The molecule has 4 aromatic rings. The molecule has 2 aromatic carbocycles. The lowest BCUT2D eigenvalue weighted by Crippen LogP contribution is -2.43. The number of halogens is 1. The van der Waals surface area contributed by atoms with Crippen LogP contribution in [-0.2, 0) is 16.0 Å².